The van der Waals surface area contributed by atoms with Crippen molar-refractivity contribution >= 4 is 0 Å². The number of aliphatic hydroxyl groups excluding tert-OH is 1. The van der Waals surface area contributed by atoms with E-state index < -0.39 is 0 Å². The Morgan fingerprint density at radius 3 is 2.57 bits per heavy atom. The molecule has 0 aliphatic rings. The molecular formula is C16H16N4O. The Bertz CT molecular complexity index is 737. The summed E-state index contributed by atoms with van der Waals surface area (Å²) < 4.78 is 1.79. The molecule has 3 rings (SSSR count). The summed E-state index contributed by atoms with van der Waals surface area (Å²) in [5.41, 5.74) is 4.47. The van der Waals surface area contributed by atoms with Crippen molar-refractivity contribution in [2.24, 2.45) is 0 Å². The maximum absolute atomic E-state index is 9.54. The molecule has 0 saturated heterocycles. The third-order valence-electron chi connectivity index (χ3n) is 3.44. The molecule has 0 spiro atoms. The van der Waals surface area contributed by atoms with Gasteiger partial charge in [0.15, 0.2) is 0 Å². The zero-order valence-electron chi connectivity index (χ0n) is 11.8. The van der Waals surface area contributed by atoms with Crippen LogP contribution in [0.1, 0.15) is 18.2 Å². The second-order valence-electron chi connectivity index (χ2n) is 4.67. The summed E-state index contributed by atoms with van der Waals surface area (Å²) in [4.78, 5) is 4.03. The largest absolute Gasteiger partial charge is 0.390 e. The molecule has 0 aliphatic heterocycles. The van der Waals surface area contributed by atoms with Crippen molar-refractivity contribution in [2.45, 2.75) is 20.0 Å². The molecule has 1 N–H and O–H groups in total. The molecule has 0 aliphatic carbocycles. The number of benzene rings is 1. The van der Waals surface area contributed by atoms with Crippen molar-refractivity contribution in [3.05, 3.63) is 60.0 Å². The van der Waals surface area contributed by atoms with E-state index in [2.05, 4.69) is 28.3 Å². The molecule has 0 bridgehead atoms. The van der Waals surface area contributed by atoms with Gasteiger partial charge in [-0.05, 0) is 30.2 Å². The Morgan fingerprint density at radius 2 is 1.86 bits per heavy atom. The van der Waals surface area contributed by atoms with E-state index in [-0.39, 0.29) is 6.61 Å². The molecule has 106 valence electrons. The van der Waals surface area contributed by atoms with Crippen molar-refractivity contribution < 1.29 is 5.11 Å². The van der Waals surface area contributed by atoms with Crippen LogP contribution in [0, 0.1) is 0 Å². The zero-order chi connectivity index (χ0) is 14.7. The van der Waals surface area contributed by atoms with Crippen LogP contribution in [0.4, 0.5) is 0 Å². The third kappa shape index (κ3) is 2.43. The smallest absolute Gasteiger partial charge is 0.117 e. The molecule has 21 heavy (non-hydrogen) atoms. The number of hydrogen-bond acceptors (Lipinski definition) is 4. The standard InChI is InChI=1S/C16H16N4O/c1-2-12-5-3-4-6-15(12)20-16(14(11-21)18-19-20)13-7-9-17-10-8-13/h3-10,21H,2,11H2,1H3. The van der Waals surface area contributed by atoms with Gasteiger partial charge in [0.2, 0.25) is 0 Å². The summed E-state index contributed by atoms with van der Waals surface area (Å²) in [5, 5.41) is 17.9. The van der Waals surface area contributed by atoms with E-state index in [1.54, 1.807) is 17.1 Å². The molecule has 0 atom stereocenters. The molecule has 2 heterocycles. The first-order valence-corrected chi connectivity index (χ1v) is 6.89. The number of pyridine rings is 1. The molecule has 0 radical (unpaired) electrons. The van der Waals surface area contributed by atoms with Crippen LogP contribution >= 0.6 is 0 Å². The van der Waals surface area contributed by atoms with Gasteiger partial charge in [-0.3, -0.25) is 4.98 Å². The quantitative estimate of drug-likeness (QED) is 0.797. The van der Waals surface area contributed by atoms with E-state index >= 15 is 0 Å². The van der Waals surface area contributed by atoms with Gasteiger partial charge in [-0.25, -0.2) is 4.68 Å². The van der Waals surface area contributed by atoms with Gasteiger partial charge in [-0.1, -0.05) is 30.3 Å². The second-order valence-corrected chi connectivity index (χ2v) is 4.67. The Hall–Kier alpha value is -2.53. The predicted octanol–water partition coefficient (Wildman–Crippen LogP) is 2.38. The third-order valence-corrected chi connectivity index (χ3v) is 3.44. The highest BCUT2D eigenvalue weighted by atomic mass is 16.3. The zero-order valence-corrected chi connectivity index (χ0v) is 11.8. The molecule has 0 fully saturated rings. The van der Waals surface area contributed by atoms with E-state index in [4.69, 9.17) is 0 Å². The second kappa shape index (κ2) is 5.85. The monoisotopic (exact) mass is 280 g/mol. The lowest BCUT2D eigenvalue weighted by Crippen LogP contribution is -2.03. The van der Waals surface area contributed by atoms with E-state index in [1.165, 1.54) is 5.56 Å². The van der Waals surface area contributed by atoms with E-state index in [1.807, 2.05) is 30.3 Å². The number of nitrogens with zero attached hydrogens (tertiary/aromatic N) is 4. The topological polar surface area (TPSA) is 63.8 Å². The maximum Gasteiger partial charge on any atom is 0.117 e. The highest BCUT2D eigenvalue weighted by Gasteiger charge is 2.16. The maximum atomic E-state index is 9.54. The number of para-hydroxylation sites is 1. The average molecular weight is 280 g/mol. The molecule has 3 aromatic rings. The first kappa shape index (κ1) is 13.5. The minimum atomic E-state index is -0.147. The van der Waals surface area contributed by atoms with Gasteiger partial charge in [0.1, 0.15) is 11.4 Å². The van der Waals surface area contributed by atoms with E-state index in [9.17, 15) is 5.11 Å². The molecule has 0 saturated carbocycles. The summed E-state index contributed by atoms with van der Waals surface area (Å²) in [5.74, 6) is 0. The number of aromatic nitrogens is 4. The van der Waals surface area contributed by atoms with E-state index in [0.717, 1.165) is 23.4 Å². The van der Waals surface area contributed by atoms with E-state index in [0.29, 0.717) is 5.69 Å². The van der Waals surface area contributed by atoms with Crippen LogP contribution < -0.4 is 0 Å². The molecular weight excluding hydrogens is 264 g/mol. The van der Waals surface area contributed by atoms with Crippen LogP contribution in [0.15, 0.2) is 48.8 Å². The van der Waals surface area contributed by atoms with Crippen molar-refractivity contribution in [3.63, 3.8) is 0 Å². The molecule has 0 amide bonds. The molecule has 5 heteroatoms. The van der Waals surface area contributed by atoms with Gasteiger partial charge in [0, 0.05) is 18.0 Å². The fourth-order valence-corrected chi connectivity index (χ4v) is 2.40. The number of aliphatic hydroxyl groups is 1. The number of hydrogen-bond donors (Lipinski definition) is 1. The summed E-state index contributed by atoms with van der Waals surface area (Å²) in [7, 11) is 0. The fourth-order valence-electron chi connectivity index (χ4n) is 2.40. The summed E-state index contributed by atoms with van der Waals surface area (Å²) in [6, 6.07) is 11.9. The number of aryl methyl sites for hydroxylation is 1. The summed E-state index contributed by atoms with van der Waals surface area (Å²) in [6.45, 7) is 1.96. The Balaban J connectivity index is 2.23. The van der Waals surface area contributed by atoms with Gasteiger partial charge in [0.05, 0.1) is 12.3 Å². The fraction of sp³-hybridized carbons (Fsp3) is 0.188. The van der Waals surface area contributed by atoms with Gasteiger partial charge in [-0.15, -0.1) is 5.10 Å². The summed E-state index contributed by atoms with van der Waals surface area (Å²) >= 11 is 0. The van der Waals surface area contributed by atoms with Crippen molar-refractivity contribution in [1.29, 1.82) is 0 Å². The lowest BCUT2D eigenvalue weighted by atomic mass is 10.1. The average Bonchev–Trinajstić information content (AvgIpc) is 2.99. The first-order valence-electron chi connectivity index (χ1n) is 6.89. The molecule has 2 aromatic heterocycles. The Morgan fingerprint density at radius 1 is 1.10 bits per heavy atom. The van der Waals surface area contributed by atoms with Crippen molar-refractivity contribution in [2.75, 3.05) is 0 Å². The van der Waals surface area contributed by atoms with Gasteiger partial charge >= 0.3 is 0 Å². The predicted molar refractivity (Wildman–Crippen MR) is 79.9 cm³/mol. The minimum Gasteiger partial charge on any atom is -0.390 e. The van der Waals surface area contributed by atoms with Crippen molar-refractivity contribution in [1.82, 2.24) is 20.0 Å². The Labute approximate surface area is 122 Å². The lowest BCUT2D eigenvalue weighted by molar-refractivity contribution is 0.277. The Kier molecular flexibility index (Phi) is 3.75. The van der Waals surface area contributed by atoms with Gasteiger partial charge < -0.3 is 5.11 Å². The van der Waals surface area contributed by atoms with Crippen molar-refractivity contribution in [3.8, 4) is 16.9 Å². The van der Waals surface area contributed by atoms with Gasteiger partial charge in [-0.2, -0.15) is 0 Å². The van der Waals surface area contributed by atoms with Crippen LogP contribution in [0.2, 0.25) is 0 Å². The minimum absolute atomic E-state index is 0.147. The molecule has 5 nitrogen and oxygen atoms in total. The summed E-state index contributed by atoms with van der Waals surface area (Å²) in [6.07, 6.45) is 4.35. The molecule has 0 unspecified atom stereocenters. The highest BCUT2D eigenvalue weighted by molar-refractivity contribution is 5.64. The van der Waals surface area contributed by atoms with Gasteiger partial charge in [0.25, 0.3) is 0 Å². The van der Waals surface area contributed by atoms with Crippen LogP contribution in [-0.4, -0.2) is 25.1 Å². The molecule has 1 aromatic carbocycles. The van der Waals surface area contributed by atoms with Crippen LogP contribution in [-0.2, 0) is 13.0 Å². The highest BCUT2D eigenvalue weighted by Crippen LogP contribution is 2.26. The lowest BCUT2D eigenvalue weighted by Gasteiger charge is -2.11. The SMILES string of the molecule is CCc1ccccc1-n1nnc(CO)c1-c1ccncc1. The first-order chi connectivity index (χ1) is 10.3. The normalized spacial score (nSPS) is 10.8. The van der Waals surface area contributed by atoms with Crippen LogP contribution in [0.25, 0.3) is 16.9 Å². The number of rotatable bonds is 4. The van der Waals surface area contributed by atoms with Crippen LogP contribution in [0.3, 0.4) is 0 Å². The van der Waals surface area contributed by atoms with Crippen LogP contribution in [0.5, 0.6) is 0 Å².